The Morgan fingerprint density at radius 3 is 1.79 bits per heavy atom. The van der Waals surface area contributed by atoms with E-state index in [1.807, 2.05) is 0 Å². The summed E-state index contributed by atoms with van der Waals surface area (Å²) in [6.45, 7) is 2.23. The van der Waals surface area contributed by atoms with Crippen molar-refractivity contribution >= 4 is 10.1 Å². The smallest absolute Gasteiger partial charge is 2.00 e. The molecule has 1 rings (SSSR count). The van der Waals surface area contributed by atoms with Gasteiger partial charge in [-0.1, -0.05) is 82.9 Å². The molecule has 0 aliphatic rings. The monoisotopic (exact) mass is 397 g/mol. The molecule has 0 atom stereocenters. The minimum atomic E-state index is -4.35. The number of unbranched alkanes of at least 4 members (excludes halogenated alkanes) is 9. The van der Waals surface area contributed by atoms with E-state index in [9.17, 15) is 13.0 Å². The molecule has 0 heterocycles. The van der Waals surface area contributed by atoms with Crippen LogP contribution < -0.4 is 0 Å². The first-order chi connectivity index (χ1) is 10.6. The molecule has 0 N–H and O–H groups in total. The number of hydrogen-bond acceptors (Lipinski definition) is 3. The van der Waals surface area contributed by atoms with Gasteiger partial charge in [0.1, 0.15) is 10.1 Å². The van der Waals surface area contributed by atoms with Crippen molar-refractivity contribution in [3.05, 3.63) is 29.8 Å². The van der Waals surface area contributed by atoms with Gasteiger partial charge in [-0.15, -0.1) is 0 Å². The van der Waals surface area contributed by atoms with Gasteiger partial charge < -0.3 is 10.0 Å². The molecule has 6 heteroatoms. The van der Waals surface area contributed by atoms with Gasteiger partial charge >= 0.3 is 17.1 Å². The molecule has 4 nitrogen and oxygen atoms in total. The first-order valence-corrected chi connectivity index (χ1v) is 10.0. The molecule has 0 aliphatic heterocycles. The summed E-state index contributed by atoms with van der Waals surface area (Å²) < 4.78 is 33.5. The Hall–Kier alpha value is -0.391. The molecule has 139 valence electrons. The molecule has 1 aromatic carbocycles. The minimum Gasteiger partial charge on any atom is -2.00 e. The quantitative estimate of drug-likeness (QED) is 0.285. The van der Waals surface area contributed by atoms with Gasteiger partial charge in [0.05, 0.1) is 4.90 Å². The fourth-order valence-electron chi connectivity index (χ4n) is 2.76. The molecule has 24 heavy (non-hydrogen) atoms. The zero-order valence-electron chi connectivity index (χ0n) is 14.5. The maximum atomic E-state index is 11.2. The van der Waals surface area contributed by atoms with E-state index in [0.29, 0.717) is 12.0 Å². The van der Waals surface area contributed by atoms with Gasteiger partial charge in [0.25, 0.3) is 0 Å². The Morgan fingerprint density at radius 2 is 1.29 bits per heavy atom. The third-order valence-electron chi connectivity index (χ3n) is 4.04. The van der Waals surface area contributed by atoms with Crippen molar-refractivity contribution in [2.75, 3.05) is 0 Å². The van der Waals surface area contributed by atoms with Crippen LogP contribution in [0.5, 0.6) is 0 Å². The largest absolute Gasteiger partial charge is 3.00 e. The standard InChI is InChI=1S/C18H30O3S.Fe.O/c1-2-3-4-5-6-7-8-9-10-11-14-17-15-12-13-16-18(17)22(19,20)21;;/h12-13,15-16H,2-11,14H2,1H3,(H,19,20,21);;/q;+3;-2/p-1. The van der Waals surface area contributed by atoms with Gasteiger partial charge in [0.2, 0.25) is 0 Å². The Labute approximate surface area is 158 Å². The van der Waals surface area contributed by atoms with Crippen LogP contribution in [0.2, 0.25) is 0 Å². The molecule has 0 aliphatic carbocycles. The normalized spacial score (nSPS) is 10.8. The van der Waals surface area contributed by atoms with Crippen LogP contribution in [0.25, 0.3) is 0 Å². The summed E-state index contributed by atoms with van der Waals surface area (Å²) in [5.74, 6) is 0. The van der Waals surface area contributed by atoms with Crippen molar-refractivity contribution in [1.82, 2.24) is 0 Å². The number of hydrogen-bond donors (Lipinski definition) is 0. The molecule has 0 unspecified atom stereocenters. The predicted molar refractivity (Wildman–Crippen MR) is 90.6 cm³/mol. The number of benzene rings is 1. The maximum Gasteiger partial charge on any atom is 3.00 e. The van der Waals surface area contributed by atoms with Crippen LogP contribution in [0.3, 0.4) is 0 Å². The second-order valence-electron chi connectivity index (χ2n) is 5.99. The molecule has 0 aromatic heterocycles. The van der Waals surface area contributed by atoms with Gasteiger partial charge in [0, 0.05) is 0 Å². The zero-order chi connectivity index (χ0) is 16.3. The van der Waals surface area contributed by atoms with Crippen LogP contribution in [0.15, 0.2) is 29.2 Å². The van der Waals surface area contributed by atoms with E-state index in [1.165, 1.54) is 57.4 Å². The van der Waals surface area contributed by atoms with Crippen LogP contribution in [0.1, 0.15) is 76.7 Å². The Morgan fingerprint density at radius 1 is 0.833 bits per heavy atom. The molecule has 0 fully saturated rings. The summed E-state index contributed by atoms with van der Waals surface area (Å²) in [5, 5.41) is 0. The van der Waals surface area contributed by atoms with E-state index < -0.39 is 10.1 Å². The first-order valence-electron chi connectivity index (χ1n) is 8.59. The SMILES string of the molecule is CCCCCCCCCCCCc1ccccc1S(=O)(=O)[O-].[Fe+3].[O-2]. The summed E-state index contributed by atoms with van der Waals surface area (Å²) in [7, 11) is -4.35. The van der Waals surface area contributed by atoms with Crippen molar-refractivity contribution in [2.45, 2.75) is 82.4 Å². The van der Waals surface area contributed by atoms with Crippen LogP contribution >= 0.6 is 0 Å². The Bertz CT molecular complexity index is 518. The van der Waals surface area contributed by atoms with Crippen LogP contribution in [0, 0.1) is 0 Å². The molecular formula is C18H29FeO4S. The zero-order valence-corrected chi connectivity index (χ0v) is 16.4. The van der Waals surface area contributed by atoms with Gasteiger partial charge in [-0.05, 0) is 24.5 Å². The van der Waals surface area contributed by atoms with Gasteiger partial charge in [-0.2, -0.15) is 0 Å². The van der Waals surface area contributed by atoms with Gasteiger partial charge in [-0.3, -0.25) is 0 Å². The third-order valence-corrected chi connectivity index (χ3v) is 4.98. The third kappa shape index (κ3) is 11.2. The summed E-state index contributed by atoms with van der Waals surface area (Å²) in [5.41, 5.74) is 0.664. The van der Waals surface area contributed by atoms with E-state index in [4.69, 9.17) is 0 Å². The molecule has 0 saturated heterocycles. The Balaban J connectivity index is 0. The number of aryl methyl sites for hydroxylation is 1. The van der Waals surface area contributed by atoms with Crippen LogP contribution in [-0.4, -0.2) is 13.0 Å². The molecule has 1 aromatic rings. The summed E-state index contributed by atoms with van der Waals surface area (Å²) >= 11 is 0. The summed E-state index contributed by atoms with van der Waals surface area (Å²) in [6.07, 6.45) is 13.2. The van der Waals surface area contributed by atoms with Crippen LogP contribution in [-0.2, 0) is 39.1 Å². The van der Waals surface area contributed by atoms with Crippen LogP contribution in [0.4, 0.5) is 0 Å². The molecular weight excluding hydrogens is 368 g/mol. The van der Waals surface area contributed by atoms with Crippen molar-refractivity contribution in [3.63, 3.8) is 0 Å². The average Bonchev–Trinajstić information content (AvgIpc) is 2.48. The predicted octanol–water partition coefficient (Wildman–Crippen LogP) is 4.93. The van der Waals surface area contributed by atoms with E-state index in [2.05, 4.69) is 6.92 Å². The van der Waals surface area contributed by atoms with E-state index in [-0.39, 0.29) is 27.4 Å². The average molecular weight is 397 g/mol. The minimum absolute atomic E-state index is 0. The van der Waals surface area contributed by atoms with E-state index in [1.54, 1.807) is 18.2 Å². The molecule has 0 bridgehead atoms. The first kappa shape index (κ1) is 25.8. The van der Waals surface area contributed by atoms with Crippen molar-refractivity contribution in [1.29, 1.82) is 0 Å². The fourth-order valence-corrected chi connectivity index (χ4v) is 3.49. The Kier molecular flexibility index (Phi) is 16.1. The van der Waals surface area contributed by atoms with Gasteiger partial charge in [-0.25, -0.2) is 8.42 Å². The number of rotatable bonds is 12. The van der Waals surface area contributed by atoms with Crippen molar-refractivity contribution < 1.29 is 35.5 Å². The topological polar surface area (TPSA) is 85.7 Å². The molecule has 0 spiro atoms. The second kappa shape index (κ2) is 14.9. The van der Waals surface area contributed by atoms with Crippen molar-refractivity contribution in [3.8, 4) is 0 Å². The fraction of sp³-hybridized carbons (Fsp3) is 0.667. The van der Waals surface area contributed by atoms with E-state index >= 15 is 0 Å². The summed E-state index contributed by atoms with van der Waals surface area (Å²) in [6, 6.07) is 6.56. The molecule has 1 radical (unpaired) electrons. The maximum absolute atomic E-state index is 11.2. The second-order valence-corrected chi connectivity index (χ2v) is 7.34. The summed E-state index contributed by atoms with van der Waals surface area (Å²) in [4.78, 5) is -0.0501. The molecule has 0 amide bonds. The van der Waals surface area contributed by atoms with Gasteiger partial charge in [0.15, 0.2) is 0 Å². The van der Waals surface area contributed by atoms with Crippen molar-refractivity contribution in [2.24, 2.45) is 0 Å². The van der Waals surface area contributed by atoms with E-state index in [0.717, 1.165) is 12.8 Å². The molecule has 0 saturated carbocycles.